The number of piperidine rings is 1. The van der Waals surface area contributed by atoms with Gasteiger partial charge in [-0.25, -0.2) is 13.6 Å². The second-order valence-electron chi connectivity index (χ2n) is 7.85. The molecule has 3 amide bonds. The maximum absolute atomic E-state index is 14.7. The van der Waals surface area contributed by atoms with Gasteiger partial charge >= 0.3 is 6.09 Å². The van der Waals surface area contributed by atoms with Crippen LogP contribution < -0.4 is 15.5 Å². The molecule has 0 aromatic heterocycles. The average molecular weight is 464 g/mol. The lowest BCUT2D eigenvalue weighted by Gasteiger charge is -2.40. The molecule has 168 valence electrons. The van der Waals surface area contributed by atoms with Crippen molar-refractivity contribution in [1.29, 1.82) is 0 Å². The van der Waals surface area contributed by atoms with Gasteiger partial charge < -0.3 is 9.64 Å². The van der Waals surface area contributed by atoms with Crippen molar-refractivity contribution >= 4 is 40.9 Å². The molecule has 1 atom stereocenters. The predicted molar refractivity (Wildman–Crippen MR) is 114 cm³/mol. The Bertz CT molecular complexity index is 1080. The maximum Gasteiger partial charge on any atom is 0.412 e. The first kappa shape index (κ1) is 22.0. The van der Waals surface area contributed by atoms with Crippen LogP contribution in [0.25, 0.3) is 0 Å². The molecule has 2 aliphatic heterocycles. The number of carbonyl (C=O) groups is 3. The molecular weight excluding hydrogens is 444 g/mol. The quantitative estimate of drug-likeness (QED) is 0.672. The fraction of sp³-hybridized carbons (Fsp3) is 0.318. The van der Waals surface area contributed by atoms with E-state index in [2.05, 4.69) is 10.6 Å². The van der Waals surface area contributed by atoms with Gasteiger partial charge in [0, 0.05) is 28.4 Å². The van der Waals surface area contributed by atoms with Crippen LogP contribution in [-0.4, -0.2) is 37.1 Å². The summed E-state index contributed by atoms with van der Waals surface area (Å²) in [4.78, 5) is 37.0. The molecule has 0 aliphatic carbocycles. The van der Waals surface area contributed by atoms with Gasteiger partial charge in [0.05, 0.1) is 19.0 Å². The second-order valence-corrected chi connectivity index (χ2v) is 8.26. The molecule has 10 heteroatoms. The molecular formula is C22H20ClF2N3O4. The predicted octanol–water partition coefficient (Wildman–Crippen LogP) is 3.88. The van der Waals surface area contributed by atoms with E-state index in [1.165, 1.54) is 0 Å². The third-order valence-electron chi connectivity index (χ3n) is 5.56. The molecule has 2 heterocycles. The smallest absolute Gasteiger partial charge is 0.412 e. The van der Waals surface area contributed by atoms with Crippen molar-refractivity contribution in [2.45, 2.75) is 31.8 Å². The van der Waals surface area contributed by atoms with Crippen molar-refractivity contribution < 1.29 is 27.9 Å². The van der Waals surface area contributed by atoms with E-state index >= 15 is 0 Å². The van der Waals surface area contributed by atoms with Crippen molar-refractivity contribution in [2.24, 2.45) is 0 Å². The number of benzene rings is 2. The summed E-state index contributed by atoms with van der Waals surface area (Å²) < 4.78 is 34.6. The van der Waals surface area contributed by atoms with E-state index in [0.29, 0.717) is 10.7 Å². The molecule has 0 spiro atoms. The summed E-state index contributed by atoms with van der Waals surface area (Å²) in [7, 11) is 0. The standard InChI is InChI=1S/C22H20ClF2N3O4/c1-11-2-3-12(6-16(11)23)26-22(31)32-14-9-28(10-14)13-7-17(24)20(18(25)8-13)15-4-5-19(29)27-21(15)30/h2-3,6-8,14-15H,4-5,9-10H2,1H3,(H,26,31)(H,27,29,30). The van der Waals surface area contributed by atoms with E-state index in [1.807, 2.05) is 6.92 Å². The number of amides is 3. The molecule has 4 rings (SSSR count). The highest BCUT2D eigenvalue weighted by Gasteiger charge is 2.35. The zero-order valence-corrected chi connectivity index (χ0v) is 17.8. The Kier molecular flexibility index (Phi) is 6.01. The minimum absolute atomic E-state index is 0.0268. The Labute approximate surface area is 187 Å². The fourth-order valence-electron chi connectivity index (χ4n) is 3.75. The van der Waals surface area contributed by atoms with Crippen LogP contribution in [0.3, 0.4) is 0 Å². The molecule has 2 fully saturated rings. The van der Waals surface area contributed by atoms with Crippen molar-refractivity contribution in [2.75, 3.05) is 23.3 Å². The molecule has 0 saturated carbocycles. The SMILES string of the molecule is Cc1ccc(NC(=O)OC2CN(c3cc(F)c(C4CCC(=O)NC4=O)c(F)c3)C2)cc1Cl. The highest BCUT2D eigenvalue weighted by Crippen LogP contribution is 2.33. The highest BCUT2D eigenvalue weighted by molar-refractivity contribution is 6.31. The van der Waals surface area contributed by atoms with Crippen molar-refractivity contribution in [3.63, 3.8) is 0 Å². The van der Waals surface area contributed by atoms with Crippen molar-refractivity contribution in [3.8, 4) is 0 Å². The zero-order chi connectivity index (χ0) is 23.0. The molecule has 2 saturated heterocycles. The Morgan fingerprint density at radius 2 is 1.88 bits per heavy atom. The number of ether oxygens (including phenoxy) is 1. The van der Waals surface area contributed by atoms with Gasteiger partial charge in [0.1, 0.15) is 17.7 Å². The van der Waals surface area contributed by atoms with E-state index in [0.717, 1.165) is 17.7 Å². The van der Waals surface area contributed by atoms with Crippen LogP contribution >= 0.6 is 11.6 Å². The van der Waals surface area contributed by atoms with Gasteiger partial charge in [-0.1, -0.05) is 17.7 Å². The van der Waals surface area contributed by atoms with Crippen LogP contribution in [0.1, 0.15) is 29.9 Å². The minimum Gasteiger partial charge on any atom is -0.442 e. The number of nitrogens with one attached hydrogen (secondary N) is 2. The highest BCUT2D eigenvalue weighted by atomic mass is 35.5. The number of nitrogens with zero attached hydrogens (tertiary/aromatic N) is 1. The number of hydrogen-bond acceptors (Lipinski definition) is 5. The van der Waals surface area contributed by atoms with Crippen molar-refractivity contribution in [1.82, 2.24) is 5.32 Å². The summed E-state index contributed by atoms with van der Waals surface area (Å²) in [5.41, 5.74) is 1.31. The summed E-state index contributed by atoms with van der Waals surface area (Å²) in [6.07, 6.45) is -1.02. The number of hydrogen-bond donors (Lipinski definition) is 2. The van der Waals surface area contributed by atoms with Gasteiger partial charge in [0.15, 0.2) is 0 Å². The van der Waals surface area contributed by atoms with Crippen LogP contribution in [0.4, 0.5) is 25.0 Å². The summed E-state index contributed by atoms with van der Waals surface area (Å²) in [5, 5.41) is 5.21. The van der Waals surface area contributed by atoms with Gasteiger partial charge in [-0.2, -0.15) is 0 Å². The lowest BCUT2D eigenvalue weighted by Crippen LogP contribution is -2.53. The van der Waals surface area contributed by atoms with Crippen molar-refractivity contribution in [3.05, 3.63) is 58.1 Å². The first-order valence-corrected chi connectivity index (χ1v) is 10.4. The van der Waals surface area contributed by atoms with Crippen LogP contribution in [-0.2, 0) is 14.3 Å². The molecule has 2 aromatic rings. The molecule has 7 nitrogen and oxygen atoms in total. The molecule has 32 heavy (non-hydrogen) atoms. The van der Waals surface area contributed by atoms with Crippen LogP contribution in [0.2, 0.25) is 5.02 Å². The summed E-state index contributed by atoms with van der Waals surface area (Å²) in [6.45, 7) is 2.37. The minimum atomic E-state index is -1.05. The van der Waals surface area contributed by atoms with E-state index in [9.17, 15) is 23.2 Å². The number of halogens is 3. The third kappa shape index (κ3) is 4.52. The molecule has 0 bridgehead atoms. The Morgan fingerprint density at radius 1 is 1.19 bits per heavy atom. The molecule has 2 aromatic carbocycles. The molecule has 1 unspecified atom stereocenters. The lowest BCUT2D eigenvalue weighted by atomic mass is 9.89. The van der Waals surface area contributed by atoms with Gasteiger partial charge in [0.2, 0.25) is 11.8 Å². The van der Waals surface area contributed by atoms with Gasteiger partial charge in [0.25, 0.3) is 0 Å². The number of imide groups is 1. The summed E-state index contributed by atoms with van der Waals surface area (Å²) in [5.74, 6) is -3.91. The fourth-order valence-corrected chi connectivity index (χ4v) is 3.93. The number of aryl methyl sites for hydroxylation is 1. The van der Waals surface area contributed by atoms with E-state index in [-0.39, 0.29) is 37.2 Å². The van der Waals surface area contributed by atoms with E-state index < -0.39 is 41.6 Å². The van der Waals surface area contributed by atoms with Gasteiger partial charge in [-0.05, 0) is 43.2 Å². The molecule has 2 N–H and O–H groups in total. The Hall–Kier alpha value is -3.20. The van der Waals surface area contributed by atoms with Gasteiger partial charge in [-0.15, -0.1) is 0 Å². The monoisotopic (exact) mass is 463 g/mol. The molecule has 0 radical (unpaired) electrons. The number of anilines is 2. The summed E-state index contributed by atoms with van der Waals surface area (Å²) in [6, 6.07) is 7.37. The maximum atomic E-state index is 14.7. The topological polar surface area (TPSA) is 87.7 Å². The number of carbonyl (C=O) groups excluding carboxylic acids is 3. The van der Waals surface area contributed by atoms with Gasteiger partial charge in [-0.3, -0.25) is 20.2 Å². The first-order valence-electron chi connectivity index (χ1n) is 10.0. The third-order valence-corrected chi connectivity index (χ3v) is 5.96. The normalized spacial score (nSPS) is 18.8. The summed E-state index contributed by atoms with van der Waals surface area (Å²) >= 11 is 6.03. The Morgan fingerprint density at radius 3 is 2.50 bits per heavy atom. The largest absolute Gasteiger partial charge is 0.442 e. The Balaban J connectivity index is 1.35. The van der Waals surface area contributed by atoms with Crippen LogP contribution in [0.5, 0.6) is 0 Å². The van der Waals surface area contributed by atoms with E-state index in [4.69, 9.17) is 16.3 Å². The second kappa shape index (κ2) is 8.74. The van der Waals surface area contributed by atoms with E-state index in [1.54, 1.807) is 23.1 Å². The van der Waals surface area contributed by atoms with Crippen LogP contribution in [0, 0.1) is 18.6 Å². The zero-order valence-electron chi connectivity index (χ0n) is 17.1. The first-order chi connectivity index (χ1) is 15.2. The lowest BCUT2D eigenvalue weighted by molar-refractivity contribution is -0.134. The molecule has 2 aliphatic rings. The van der Waals surface area contributed by atoms with Crippen LogP contribution in [0.15, 0.2) is 30.3 Å². The number of rotatable bonds is 4. The average Bonchev–Trinajstić information content (AvgIpc) is 2.68.